The Hall–Kier alpha value is -1.31. The van der Waals surface area contributed by atoms with Gasteiger partial charge in [-0.05, 0) is 18.4 Å². The van der Waals surface area contributed by atoms with Crippen molar-refractivity contribution in [2.24, 2.45) is 0 Å². The van der Waals surface area contributed by atoms with Crippen LogP contribution in [0.15, 0.2) is 28.7 Å². The molecule has 1 aromatic carbocycles. The average molecular weight is 293 g/mol. The molecule has 0 aliphatic rings. The Kier molecular flexibility index (Phi) is 3.11. The van der Waals surface area contributed by atoms with Crippen molar-refractivity contribution < 1.29 is 4.42 Å². The van der Waals surface area contributed by atoms with E-state index in [-0.39, 0.29) is 0 Å². The summed E-state index contributed by atoms with van der Waals surface area (Å²) in [5.41, 5.74) is 1.56. The van der Waals surface area contributed by atoms with Crippen LogP contribution >= 0.6 is 35.3 Å². The summed E-state index contributed by atoms with van der Waals surface area (Å²) in [6.45, 7) is 0. The molecule has 0 amide bonds. The zero-order valence-corrected chi connectivity index (χ0v) is 11.7. The van der Waals surface area contributed by atoms with Crippen molar-refractivity contribution in [1.29, 1.82) is 0 Å². The third kappa shape index (κ3) is 2.05. The predicted octanol–water partition coefficient (Wildman–Crippen LogP) is 3.38. The second-order valence-corrected chi connectivity index (χ2v) is 5.85. The molecule has 0 radical (unpaired) electrons. The fourth-order valence-electron chi connectivity index (χ4n) is 1.44. The van der Waals surface area contributed by atoms with Crippen molar-refractivity contribution in [1.82, 2.24) is 15.2 Å². The van der Waals surface area contributed by atoms with E-state index >= 15 is 0 Å². The molecule has 0 spiro atoms. The first-order valence-electron chi connectivity index (χ1n) is 5.05. The third-order valence-electron chi connectivity index (χ3n) is 2.26. The fourth-order valence-corrected chi connectivity index (χ4v) is 2.80. The van der Waals surface area contributed by atoms with E-state index in [9.17, 15) is 0 Å². The number of hydrogen-bond donors (Lipinski definition) is 0. The standard InChI is InChI=1S/C11H7N3OS3/c1-17-11(16)10-14-13-9(18-10)8-12-6-4-2-3-5-7(6)15-8/h2-5H,1H3. The number of aromatic nitrogens is 3. The van der Waals surface area contributed by atoms with Crippen LogP contribution in [0.1, 0.15) is 5.01 Å². The molecule has 2 heterocycles. The van der Waals surface area contributed by atoms with E-state index in [1.54, 1.807) is 0 Å². The summed E-state index contributed by atoms with van der Waals surface area (Å²) in [6, 6.07) is 7.60. The Morgan fingerprint density at radius 3 is 2.94 bits per heavy atom. The average Bonchev–Trinajstić information content (AvgIpc) is 3.03. The van der Waals surface area contributed by atoms with Crippen LogP contribution < -0.4 is 0 Å². The number of rotatable bonds is 2. The molecule has 0 saturated heterocycles. The summed E-state index contributed by atoms with van der Waals surface area (Å²) in [6.07, 6.45) is 1.92. The van der Waals surface area contributed by atoms with E-state index in [2.05, 4.69) is 15.2 Å². The van der Waals surface area contributed by atoms with Crippen LogP contribution in [0, 0.1) is 0 Å². The molecule has 2 aromatic heterocycles. The Bertz CT molecular complexity index is 686. The molecule has 3 rings (SSSR count). The number of benzene rings is 1. The number of nitrogens with zero attached hydrogens (tertiary/aromatic N) is 3. The summed E-state index contributed by atoms with van der Waals surface area (Å²) >= 11 is 8.04. The lowest BCUT2D eigenvalue weighted by molar-refractivity contribution is 0.618. The lowest BCUT2D eigenvalue weighted by Gasteiger charge is -1.88. The van der Waals surface area contributed by atoms with E-state index < -0.39 is 0 Å². The van der Waals surface area contributed by atoms with Gasteiger partial charge in [0, 0.05) is 0 Å². The quantitative estimate of drug-likeness (QED) is 0.675. The van der Waals surface area contributed by atoms with Gasteiger partial charge in [-0.25, -0.2) is 4.98 Å². The van der Waals surface area contributed by atoms with Crippen molar-refractivity contribution in [3.63, 3.8) is 0 Å². The maximum absolute atomic E-state index is 5.63. The molecular weight excluding hydrogens is 286 g/mol. The second-order valence-electron chi connectivity index (χ2n) is 3.39. The SMILES string of the molecule is CSC(=S)c1nnc(-c2nc3ccccc3o2)s1. The van der Waals surface area contributed by atoms with Crippen molar-refractivity contribution in [3.05, 3.63) is 29.3 Å². The van der Waals surface area contributed by atoms with Gasteiger partial charge in [0.1, 0.15) is 9.71 Å². The molecule has 0 fully saturated rings. The molecular formula is C11H7N3OS3. The molecule has 0 aliphatic heterocycles. The first-order valence-corrected chi connectivity index (χ1v) is 7.50. The zero-order chi connectivity index (χ0) is 12.5. The number of hydrogen-bond acceptors (Lipinski definition) is 7. The summed E-state index contributed by atoms with van der Waals surface area (Å²) in [4.78, 5) is 4.37. The number of para-hydroxylation sites is 2. The smallest absolute Gasteiger partial charge is 0.258 e. The Labute approximate surface area is 116 Å². The molecule has 0 atom stereocenters. The molecule has 4 nitrogen and oxygen atoms in total. The van der Waals surface area contributed by atoms with Gasteiger partial charge in [0.15, 0.2) is 10.6 Å². The van der Waals surface area contributed by atoms with E-state index in [0.29, 0.717) is 10.9 Å². The third-order valence-corrected chi connectivity index (χ3v) is 4.71. The minimum atomic E-state index is 0.490. The van der Waals surface area contributed by atoms with Gasteiger partial charge < -0.3 is 4.42 Å². The summed E-state index contributed by atoms with van der Waals surface area (Å²) < 4.78 is 6.36. The highest BCUT2D eigenvalue weighted by Crippen LogP contribution is 2.27. The molecule has 7 heteroatoms. The van der Waals surface area contributed by atoms with Crippen LogP contribution in [0.25, 0.3) is 22.0 Å². The van der Waals surface area contributed by atoms with Crippen molar-refractivity contribution in [3.8, 4) is 10.9 Å². The first kappa shape index (κ1) is 11.8. The van der Waals surface area contributed by atoms with Crippen LogP contribution in [-0.4, -0.2) is 25.6 Å². The zero-order valence-electron chi connectivity index (χ0n) is 9.28. The fraction of sp³-hybridized carbons (Fsp3) is 0.0909. The molecule has 0 bridgehead atoms. The first-order chi connectivity index (χ1) is 8.78. The molecule has 0 aliphatic carbocycles. The maximum atomic E-state index is 5.63. The van der Waals surface area contributed by atoms with Crippen LogP contribution in [0.3, 0.4) is 0 Å². The summed E-state index contributed by atoms with van der Waals surface area (Å²) in [5, 5.41) is 9.48. The molecule has 90 valence electrons. The van der Waals surface area contributed by atoms with Crippen LogP contribution in [-0.2, 0) is 0 Å². The monoisotopic (exact) mass is 293 g/mol. The Morgan fingerprint density at radius 2 is 2.17 bits per heavy atom. The molecule has 0 unspecified atom stereocenters. The van der Waals surface area contributed by atoms with Gasteiger partial charge in [-0.3, -0.25) is 0 Å². The van der Waals surface area contributed by atoms with Crippen LogP contribution in [0.4, 0.5) is 0 Å². The normalized spacial score (nSPS) is 10.9. The van der Waals surface area contributed by atoms with Crippen molar-refractivity contribution >= 4 is 50.6 Å². The highest BCUT2D eigenvalue weighted by atomic mass is 32.2. The number of thiocarbonyl (C=S) groups is 1. The molecule has 0 N–H and O–H groups in total. The minimum absolute atomic E-state index is 0.490. The number of thioether (sulfide) groups is 1. The highest BCUT2D eigenvalue weighted by molar-refractivity contribution is 8.23. The van der Waals surface area contributed by atoms with Crippen LogP contribution in [0.2, 0.25) is 0 Å². The lowest BCUT2D eigenvalue weighted by atomic mass is 10.3. The minimum Gasteiger partial charge on any atom is -0.434 e. The van der Waals surface area contributed by atoms with Crippen molar-refractivity contribution in [2.75, 3.05) is 6.26 Å². The molecule has 3 aromatic rings. The summed E-state index contributed by atoms with van der Waals surface area (Å²) in [5.74, 6) is 0.490. The second kappa shape index (κ2) is 4.75. The predicted molar refractivity (Wildman–Crippen MR) is 78.1 cm³/mol. The van der Waals surface area contributed by atoms with E-state index in [4.69, 9.17) is 16.6 Å². The van der Waals surface area contributed by atoms with Gasteiger partial charge in [0.2, 0.25) is 5.01 Å². The maximum Gasteiger partial charge on any atom is 0.258 e. The Morgan fingerprint density at radius 1 is 1.33 bits per heavy atom. The van der Waals surface area contributed by atoms with Gasteiger partial charge >= 0.3 is 0 Å². The van der Waals surface area contributed by atoms with Gasteiger partial charge in [0.05, 0.1) is 0 Å². The van der Waals surface area contributed by atoms with Gasteiger partial charge in [-0.2, -0.15) is 0 Å². The van der Waals surface area contributed by atoms with Gasteiger partial charge in [0.25, 0.3) is 5.89 Å². The molecule has 0 saturated carbocycles. The van der Waals surface area contributed by atoms with E-state index in [1.807, 2.05) is 30.5 Å². The largest absolute Gasteiger partial charge is 0.434 e. The summed E-state index contributed by atoms with van der Waals surface area (Å²) in [7, 11) is 0. The van der Waals surface area contributed by atoms with Crippen LogP contribution in [0.5, 0.6) is 0 Å². The lowest BCUT2D eigenvalue weighted by Crippen LogP contribution is -1.87. The van der Waals surface area contributed by atoms with Gasteiger partial charge in [-0.15, -0.1) is 22.0 Å². The highest BCUT2D eigenvalue weighted by Gasteiger charge is 2.15. The van der Waals surface area contributed by atoms with Crippen molar-refractivity contribution in [2.45, 2.75) is 0 Å². The topological polar surface area (TPSA) is 51.8 Å². The van der Waals surface area contributed by atoms with E-state index in [0.717, 1.165) is 20.3 Å². The van der Waals surface area contributed by atoms with Gasteiger partial charge in [-0.1, -0.05) is 35.7 Å². The Balaban J connectivity index is 2.03. The number of fused-ring (bicyclic) bond motifs is 1. The molecule has 18 heavy (non-hydrogen) atoms. The number of oxazole rings is 1. The van der Waals surface area contributed by atoms with E-state index in [1.165, 1.54) is 23.1 Å².